The molecule has 2 heterocycles. The quantitative estimate of drug-likeness (QED) is 0.691. The number of aromatic nitrogens is 2. The first kappa shape index (κ1) is 9.79. The Hall–Kier alpha value is -1.75. The molecule has 0 fully saturated rings. The van der Waals surface area contributed by atoms with Crippen LogP contribution in [-0.2, 0) is 0 Å². The minimum atomic E-state index is -0.422. The molecule has 0 aliphatic rings. The molecule has 0 saturated heterocycles. The van der Waals surface area contributed by atoms with Gasteiger partial charge >= 0.3 is 0 Å². The zero-order valence-electron chi connectivity index (χ0n) is 8.51. The van der Waals surface area contributed by atoms with Crippen LogP contribution in [-0.4, -0.2) is 27.4 Å². The summed E-state index contributed by atoms with van der Waals surface area (Å²) in [4.78, 5) is 0. The molecule has 5 nitrogen and oxygen atoms in total. The van der Waals surface area contributed by atoms with Gasteiger partial charge in [-0.15, -0.1) is 5.10 Å². The van der Waals surface area contributed by atoms with Gasteiger partial charge in [-0.25, -0.2) is 4.52 Å². The summed E-state index contributed by atoms with van der Waals surface area (Å²) in [7, 11) is 0. The molecule has 4 N–H and O–H groups in total. The number of nitrogens with zero attached hydrogens (tertiary/aromatic N) is 2. The molecule has 0 amide bonds. The fourth-order valence-electron chi connectivity index (χ4n) is 1.39. The molecule has 2 aromatic rings. The van der Waals surface area contributed by atoms with Crippen LogP contribution in [0.2, 0.25) is 0 Å². The number of hydrogen-bond donors (Lipinski definition) is 3. The molecule has 0 aliphatic heterocycles. The van der Waals surface area contributed by atoms with Crippen molar-refractivity contribution in [2.24, 2.45) is 0 Å². The summed E-state index contributed by atoms with van der Waals surface area (Å²) in [6.45, 7) is 2.15. The lowest BCUT2D eigenvalue weighted by molar-refractivity contribution is 0.208. The van der Waals surface area contributed by atoms with E-state index in [1.165, 1.54) is 0 Å². The van der Waals surface area contributed by atoms with E-state index in [0.717, 1.165) is 5.52 Å². The van der Waals surface area contributed by atoms with E-state index in [-0.39, 0.29) is 0 Å². The number of nitrogen functional groups attached to an aromatic ring is 1. The Morgan fingerprint density at radius 2 is 2.40 bits per heavy atom. The van der Waals surface area contributed by atoms with Crippen LogP contribution >= 0.6 is 0 Å². The predicted octanol–water partition coefficient (Wildman–Crippen LogP) is 0.709. The molecule has 0 spiro atoms. The Balaban J connectivity index is 2.32. The van der Waals surface area contributed by atoms with E-state index in [1.54, 1.807) is 11.4 Å². The number of nitrogens with two attached hydrogens (primary N) is 1. The molecule has 1 atom stereocenters. The lowest BCUT2D eigenvalue weighted by Gasteiger charge is -2.05. The first-order valence-corrected chi connectivity index (χ1v) is 4.83. The number of pyridine rings is 1. The molecule has 1 unspecified atom stereocenters. The Morgan fingerprint density at radius 3 is 3.07 bits per heavy atom. The van der Waals surface area contributed by atoms with E-state index < -0.39 is 6.10 Å². The van der Waals surface area contributed by atoms with Crippen LogP contribution in [0.5, 0.6) is 0 Å². The highest BCUT2D eigenvalue weighted by atomic mass is 16.3. The average molecular weight is 206 g/mol. The molecule has 0 aliphatic carbocycles. The van der Waals surface area contributed by atoms with Crippen LogP contribution in [0, 0.1) is 0 Å². The van der Waals surface area contributed by atoms with Gasteiger partial charge in [0.15, 0.2) is 5.82 Å². The standard InChI is InChI=1S/C10H14N4O/c1-7(15)6-12-10-9(11)8-4-2-3-5-14(8)13-10/h2-5,7,15H,6,11H2,1H3,(H,12,13). The molecular formula is C10H14N4O. The van der Waals surface area contributed by atoms with Crippen molar-refractivity contribution in [2.75, 3.05) is 17.6 Å². The van der Waals surface area contributed by atoms with Crippen LogP contribution in [0.3, 0.4) is 0 Å². The highest BCUT2D eigenvalue weighted by molar-refractivity contribution is 5.80. The Kier molecular flexibility index (Phi) is 2.47. The van der Waals surface area contributed by atoms with E-state index in [1.807, 2.05) is 24.4 Å². The number of fused-ring (bicyclic) bond motifs is 1. The van der Waals surface area contributed by atoms with Gasteiger partial charge in [0.25, 0.3) is 0 Å². The number of anilines is 2. The lowest BCUT2D eigenvalue weighted by atomic mass is 10.3. The van der Waals surface area contributed by atoms with Crippen LogP contribution in [0.4, 0.5) is 11.5 Å². The monoisotopic (exact) mass is 206 g/mol. The van der Waals surface area contributed by atoms with E-state index in [4.69, 9.17) is 10.8 Å². The number of rotatable bonds is 3. The van der Waals surface area contributed by atoms with Crippen molar-refractivity contribution < 1.29 is 5.11 Å². The van der Waals surface area contributed by atoms with Gasteiger partial charge in [0.1, 0.15) is 5.69 Å². The molecule has 15 heavy (non-hydrogen) atoms. The van der Waals surface area contributed by atoms with Crippen LogP contribution in [0.15, 0.2) is 24.4 Å². The fourth-order valence-corrected chi connectivity index (χ4v) is 1.39. The summed E-state index contributed by atoms with van der Waals surface area (Å²) < 4.78 is 1.71. The van der Waals surface area contributed by atoms with Gasteiger partial charge < -0.3 is 16.2 Å². The molecule has 0 radical (unpaired) electrons. The number of nitrogens with one attached hydrogen (secondary N) is 1. The zero-order chi connectivity index (χ0) is 10.8. The van der Waals surface area contributed by atoms with Crippen molar-refractivity contribution in [3.63, 3.8) is 0 Å². The second-order valence-corrected chi connectivity index (χ2v) is 3.52. The maximum Gasteiger partial charge on any atom is 0.172 e. The first-order chi connectivity index (χ1) is 7.18. The molecular weight excluding hydrogens is 192 g/mol. The second-order valence-electron chi connectivity index (χ2n) is 3.52. The summed E-state index contributed by atoms with van der Waals surface area (Å²) in [5, 5.41) is 16.4. The number of hydrogen-bond acceptors (Lipinski definition) is 4. The van der Waals surface area contributed by atoms with Gasteiger partial charge in [-0.1, -0.05) is 6.07 Å². The predicted molar refractivity (Wildman–Crippen MR) is 59.8 cm³/mol. The van der Waals surface area contributed by atoms with Crippen molar-refractivity contribution in [1.82, 2.24) is 9.61 Å². The van der Waals surface area contributed by atoms with Crippen LogP contribution in [0.1, 0.15) is 6.92 Å². The Labute approximate surface area is 87.5 Å². The molecule has 0 bridgehead atoms. The second kappa shape index (κ2) is 3.78. The minimum absolute atomic E-state index is 0.422. The van der Waals surface area contributed by atoms with E-state index >= 15 is 0 Å². The van der Waals surface area contributed by atoms with Crippen molar-refractivity contribution in [3.8, 4) is 0 Å². The van der Waals surface area contributed by atoms with Crippen molar-refractivity contribution >= 4 is 17.0 Å². The Morgan fingerprint density at radius 1 is 1.60 bits per heavy atom. The third-order valence-electron chi connectivity index (χ3n) is 2.14. The molecule has 2 rings (SSSR count). The topological polar surface area (TPSA) is 75.6 Å². The van der Waals surface area contributed by atoms with E-state index in [9.17, 15) is 0 Å². The van der Waals surface area contributed by atoms with E-state index in [2.05, 4.69) is 10.4 Å². The van der Waals surface area contributed by atoms with Gasteiger partial charge in [0, 0.05) is 12.7 Å². The van der Waals surface area contributed by atoms with Gasteiger partial charge in [-0.2, -0.15) is 0 Å². The Bertz CT molecular complexity index is 463. The van der Waals surface area contributed by atoms with E-state index in [0.29, 0.717) is 18.1 Å². The maximum atomic E-state index is 9.14. The van der Waals surface area contributed by atoms with Crippen molar-refractivity contribution in [1.29, 1.82) is 0 Å². The number of aliphatic hydroxyl groups is 1. The molecule has 0 aromatic carbocycles. The fraction of sp³-hybridized carbons (Fsp3) is 0.300. The maximum absolute atomic E-state index is 9.14. The molecule has 5 heteroatoms. The van der Waals surface area contributed by atoms with Crippen LogP contribution < -0.4 is 11.1 Å². The summed E-state index contributed by atoms with van der Waals surface area (Å²) in [5.74, 6) is 0.613. The highest BCUT2D eigenvalue weighted by Crippen LogP contribution is 2.22. The van der Waals surface area contributed by atoms with Gasteiger partial charge in [-0.05, 0) is 19.1 Å². The third-order valence-corrected chi connectivity index (χ3v) is 2.14. The lowest BCUT2D eigenvalue weighted by Crippen LogP contribution is -2.16. The third kappa shape index (κ3) is 1.87. The minimum Gasteiger partial charge on any atom is -0.394 e. The summed E-state index contributed by atoms with van der Waals surface area (Å²) in [6.07, 6.45) is 1.41. The zero-order valence-corrected chi connectivity index (χ0v) is 8.51. The van der Waals surface area contributed by atoms with Gasteiger partial charge in [0.05, 0.1) is 11.6 Å². The summed E-state index contributed by atoms with van der Waals surface area (Å²) in [6, 6.07) is 5.69. The number of aliphatic hydroxyl groups excluding tert-OH is 1. The van der Waals surface area contributed by atoms with Crippen molar-refractivity contribution in [3.05, 3.63) is 24.4 Å². The smallest absolute Gasteiger partial charge is 0.172 e. The van der Waals surface area contributed by atoms with Crippen LogP contribution in [0.25, 0.3) is 5.52 Å². The summed E-state index contributed by atoms with van der Waals surface area (Å²) in [5.41, 5.74) is 7.37. The molecule has 0 saturated carbocycles. The SMILES string of the molecule is CC(O)CNc1nn2ccccc2c1N. The first-order valence-electron chi connectivity index (χ1n) is 4.83. The molecule has 2 aromatic heterocycles. The van der Waals surface area contributed by atoms with Gasteiger partial charge in [-0.3, -0.25) is 0 Å². The molecule has 80 valence electrons. The normalized spacial score (nSPS) is 12.9. The average Bonchev–Trinajstić information content (AvgIpc) is 2.54. The largest absolute Gasteiger partial charge is 0.394 e. The van der Waals surface area contributed by atoms with Gasteiger partial charge in [0.2, 0.25) is 0 Å². The van der Waals surface area contributed by atoms with Crippen molar-refractivity contribution in [2.45, 2.75) is 13.0 Å². The summed E-state index contributed by atoms with van der Waals surface area (Å²) >= 11 is 0. The highest BCUT2D eigenvalue weighted by Gasteiger charge is 2.08.